The van der Waals surface area contributed by atoms with Crippen molar-refractivity contribution in [2.24, 2.45) is 0 Å². The van der Waals surface area contributed by atoms with Crippen LogP contribution in [0.4, 0.5) is 0 Å². The Morgan fingerprint density at radius 1 is 1.27 bits per heavy atom. The molecule has 1 saturated heterocycles. The molecule has 4 heteroatoms. The van der Waals surface area contributed by atoms with Crippen LogP contribution in [0.1, 0.15) is 0 Å². The summed E-state index contributed by atoms with van der Waals surface area (Å²) in [6, 6.07) is 0. The van der Waals surface area contributed by atoms with E-state index in [1.54, 1.807) is 0 Å². The number of piperazine rings is 1. The zero-order chi connectivity index (χ0) is 8.27. The second-order valence-corrected chi connectivity index (χ2v) is 4.69. The minimum atomic E-state index is -0.503. The highest BCUT2D eigenvalue weighted by atomic mass is 32.2. The normalized spacial score (nSPS) is 24.6. The number of aliphatic hydroxyl groups excluding tert-OH is 1. The summed E-state index contributed by atoms with van der Waals surface area (Å²) in [5.41, 5.74) is 0. The molecule has 0 aromatic heterocycles. The van der Waals surface area contributed by atoms with Crippen molar-refractivity contribution >= 4 is 10.5 Å². The molecule has 1 fully saturated rings. The lowest BCUT2D eigenvalue weighted by molar-refractivity contribution is 0.233. The zero-order valence-electron chi connectivity index (χ0n) is 7.12. The van der Waals surface area contributed by atoms with Crippen molar-refractivity contribution in [3.63, 3.8) is 0 Å². The van der Waals surface area contributed by atoms with Crippen molar-refractivity contribution in [3.05, 3.63) is 0 Å². The highest BCUT2D eigenvalue weighted by Gasteiger charge is 2.12. The van der Waals surface area contributed by atoms with Crippen molar-refractivity contribution in [1.29, 1.82) is 0 Å². The van der Waals surface area contributed by atoms with Crippen LogP contribution >= 0.6 is 10.5 Å². The molecule has 1 unspecified atom stereocenters. The number of likely N-dealkylation sites (N-methyl/N-ethyl adjacent to an activating group) is 1. The SMILES string of the molecule is CN1CCN([SH](C)#CO)CC1. The van der Waals surface area contributed by atoms with Gasteiger partial charge >= 0.3 is 0 Å². The smallest absolute Gasteiger partial charge is 0.0345 e. The highest BCUT2D eigenvalue weighted by Crippen LogP contribution is 2.13. The van der Waals surface area contributed by atoms with E-state index in [2.05, 4.69) is 21.6 Å². The molecule has 1 aliphatic heterocycles. The lowest BCUT2D eigenvalue weighted by atomic mass is 10.4. The standard InChI is InChI=1S/C7H16N2OS/c1-8-3-5-9(6-4-8)11(2)7-10/h10-11H,3-6H2,1-2H3. The first-order chi connectivity index (χ1) is 5.24. The maximum atomic E-state index is 8.68. The first kappa shape index (κ1) is 9.10. The molecule has 0 radical (unpaired) electrons. The summed E-state index contributed by atoms with van der Waals surface area (Å²) in [6.07, 6.45) is 2.03. The van der Waals surface area contributed by atoms with Crippen LogP contribution in [0.3, 0.4) is 0 Å². The highest BCUT2D eigenvalue weighted by molar-refractivity contribution is 8.04. The van der Waals surface area contributed by atoms with Gasteiger partial charge in [0, 0.05) is 31.5 Å². The van der Waals surface area contributed by atoms with Crippen LogP contribution in [0, 0.1) is 5.37 Å². The van der Waals surface area contributed by atoms with Crippen LogP contribution < -0.4 is 0 Å². The summed E-state index contributed by atoms with van der Waals surface area (Å²) in [6.45, 7) is 4.33. The molecule has 66 valence electrons. The van der Waals surface area contributed by atoms with Crippen LogP contribution in [0.25, 0.3) is 0 Å². The third kappa shape index (κ3) is 2.51. The van der Waals surface area contributed by atoms with Crippen molar-refractivity contribution in [2.75, 3.05) is 39.5 Å². The molecule has 0 aromatic carbocycles. The molecule has 0 spiro atoms. The van der Waals surface area contributed by atoms with E-state index in [0.29, 0.717) is 0 Å². The van der Waals surface area contributed by atoms with Crippen LogP contribution in [-0.2, 0) is 0 Å². The number of aliphatic hydroxyl groups is 1. The van der Waals surface area contributed by atoms with Gasteiger partial charge in [-0.1, -0.05) is 0 Å². The monoisotopic (exact) mass is 176 g/mol. The minimum absolute atomic E-state index is 0.503. The van der Waals surface area contributed by atoms with E-state index in [4.69, 9.17) is 5.11 Å². The molecule has 1 N–H and O–H groups in total. The average molecular weight is 176 g/mol. The molecule has 0 aliphatic carbocycles. The van der Waals surface area contributed by atoms with E-state index < -0.39 is 10.5 Å². The van der Waals surface area contributed by atoms with Crippen LogP contribution in [0.2, 0.25) is 0 Å². The third-order valence-electron chi connectivity index (χ3n) is 2.05. The molecule has 11 heavy (non-hydrogen) atoms. The number of hydrogen-bond donors (Lipinski definition) is 2. The average Bonchev–Trinajstić information content (AvgIpc) is 2.05. The van der Waals surface area contributed by atoms with Crippen molar-refractivity contribution in [1.82, 2.24) is 9.21 Å². The molecule has 1 aliphatic rings. The van der Waals surface area contributed by atoms with Crippen molar-refractivity contribution in [3.8, 4) is 5.37 Å². The second kappa shape index (κ2) is 4.14. The Morgan fingerprint density at radius 3 is 2.27 bits per heavy atom. The lowest BCUT2D eigenvalue weighted by Crippen LogP contribution is -2.41. The summed E-state index contributed by atoms with van der Waals surface area (Å²) in [7, 11) is 1.62. The summed E-state index contributed by atoms with van der Waals surface area (Å²) >= 11 is 0. The van der Waals surface area contributed by atoms with Crippen LogP contribution in [-0.4, -0.2) is 53.8 Å². The van der Waals surface area contributed by atoms with Gasteiger partial charge in [-0.05, 0) is 13.3 Å². The Kier molecular flexibility index (Phi) is 3.43. The maximum absolute atomic E-state index is 8.68. The van der Waals surface area contributed by atoms with Gasteiger partial charge in [0.1, 0.15) is 0 Å². The maximum Gasteiger partial charge on any atom is 0.0345 e. The van der Waals surface area contributed by atoms with E-state index in [1.807, 2.05) is 6.26 Å². The van der Waals surface area contributed by atoms with Crippen molar-refractivity contribution < 1.29 is 5.11 Å². The predicted molar refractivity (Wildman–Crippen MR) is 49.8 cm³/mol. The number of rotatable bonds is 0. The van der Waals surface area contributed by atoms with Gasteiger partial charge in [0.15, 0.2) is 0 Å². The Bertz CT molecular complexity index is 197. The van der Waals surface area contributed by atoms with Gasteiger partial charge in [-0.15, -0.1) is 10.5 Å². The molecular weight excluding hydrogens is 160 g/mol. The van der Waals surface area contributed by atoms with Gasteiger partial charge in [-0.2, -0.15) is 0 Å². The molecular formula is C7H16N2OS. The minimum Gasteiger partial charge on any atom is -0.316 e. The van der Waals surface area contributed by atoms with E-state index in [9.17, 15) is 0 Å². The van der Waals surface area contributed by atoms with E-state index in [-0.39, 0.29) is 0 Å². The second-order valence-electron chi connectivity index (χ2n) is 2.88. The number of hydrogen-bond acceptors (Lipinski definition) is 3. The molecule has 3 nitrogen and oxygen atoms in total. The van der Waals surface area contributed by atoms with E-state index in [0.717, 1.165) is 26.2 Å². The Morgan fingerprint density at radius 2 is 1.82 bits per heavy atom. The van der Waals surface area contributed by atoms with E-state index >= 15 is 0 Å². The zero-order valence-corrected chi connectivity index (χ0v) is 8.01. The van der Waals surface area contributed by atoms with Gasteiger partial charge in [-0.3, -0.25) is 4.31 Å². The summed E-state index contributed by atoms with van der Waals surface area (Å²) < 4.78 is 2.29. The van der Waals surface area contributed by atoms with Crippen molar-refractivity contribution in [2.45, 2.75) is 0 Å². The molecule has 1 rings (SSSR count). The third-order valence-corrected chi connectivity index (χ3v) is 3.59. The molecule has 1 atom stereocenters. The first-order valence-electron chi connectivity index (χ1n) is 3.81. The summed E-state index contributed by atoms with van der Waals surface area (Å²) in [4.78, 5) is 2.30. The van der Waals surface area contributed by atoms with Crippen LogP contribution in [0.15, 0.2) is 0 Å². The van der Waals surface area contributed by atoms with Crippen LogP contribution in [0.5, 0.6) is 0 Å². The Labute approximate surface area is 70.3 Å². The Hall–Kier alpha value is 0.01000. The predicted octanol–water partition coefficient (Wildman–Crippen LogP) is 0.0690. The quantitative estimate of drug-likeness (QED) is 0.511. The summed E-state index contributed by atoms with van der Waals surface area (Å²) in [5, 5.41) is 11.0. The van der Waals surface area contributed by atoms with Gasteiger partial charge in [0.2, 0.25) is 0 Å². The fourth-order valence-electron chi connectivity index (χ4n) is 1.16. The number of thiol groups is 1. The molecule has 1 heterocycles. The van der Waals surface area contributed by atoms with E-state index in [1.165, 1.54) is 0 Å². The molecule has 0 amide bonds. The molecule has 0 aromatic rings. The molecule has 0 bridgehead atoms. The largest absolute Gasteiger partial charge is 0.316 e. The fraction of sp³-hybridized carbons (Fsp3) is 0.857. The Balaban J connectivity index is 2.44. The first-order valence-corrected chi connectivity index (χ1v) is 5.55. The van der Waals surface area contributed by atoms with Gasteiger partial charge in [0.05, 0.1) is 0 Å². The van der Waals surface area contributed by atoms with Gasteiger partial charge in [-0.25, -0.2) is 0 Å². The van der Waals surface area contributed by atoms with Gasteiger partial charge in [0.25, 0.3) is 0 Å². The lowest BCUT2D eigenvalue weighted by Gasteiger charge is -2.32. The topological polar surface area (TPSA) is 26.7 Å². The number of nitrogens with zero attached hydrogens (tertiary/aromatic N) is 2. The summed E-state index contributed by atoms with van der Waals surface area (Å²) in [5.74, 6) is 0. The fourth-order valence-corrected chi connectivity index (χ4v) is 2.06. The molecule has 0 saturated carbocycles. The van der Waals surface area contributed by atoms with Gasteiger partial charge < -0.3 is 10.0 Å².